The fourth-order valence-corrected chi connectivity index (χ4v) is 4.49. The van der Waals surface area contributed by atoms with E-state index in [9.17, 15) is 4.79 Å². The number of hydrogen-bond donors (Lipinski definition) is 1. The Labute approximate surface area is 159 Å². The van der Waals surface area contributed by atoms with Crippen LogP contribution in [0.2, 0.25) is 4.34 Å². The first-order valence-electron chi connectivity index (χ1n) is 8.98. The molecule has 0 spiro atoms. The van der Waals surface area contributed by atoms with Gasteiger partial charge in [0.1, 0.15) is 0 Å². The Balaban J connectivity index is 1.50. The second-order valence-electron chi connectivity index (χ2n) is 6.56. The molecule has 134 valence electrons. The van der Waals surface area contributed by atoms with Gasteiger partial charge in [0, 0.05) is 30.6 Å². The number of nitrogens with zero attached hydrogens (tertiary/aromatic N) is 1. The van der Waals surface area contributed by atoms with Crippen molar-refractivity contribution in [3.05, 3.63) is 57.2 Å². The van der Waals surface area contributed by atoms with E-state index in [0.29, 0.717) is 6.04 Å². The van der Waals surface area contributed by atoms with Crippen molar-refractivity contribution in [1.82, 2.24) is 10.2 Å². The van der Waals surface area contributed by atoms with Crippen LogP contribution in [0.1, 0.15) is 42.5 Å². The molecule has 1 aliphatic rings. The molecule has 0 radical (unpaired) electrons. The normalized spacial score (nSPS) is 16.8. The van der Waals surface area contributed by atoms with E-state index in [1.165, 1.54) is 4.88 Å². The van der Waals surface area contributed by atoms with Gasteiger partial charge in [0.05, 0.1) is 10.3 Å². The maximum Gasteiger partial charge on any atom is 0.230 e. The molecule has 1 unspecified atom stereocenters. The fraction of sp³-hybridized carbons (Fsp3) is 0.450. The Bertz CT molecular complexity index is 680. The van der Waals surface area contributed by atoms with Gasteiger partial charge in [0.15, 0.2) is 0 Å². The molecule has 5 heteroatoms. The molecule has 1 aromatic carbocycles. The van der Waals surface area contributed by atoms with Crippen molar-refractivity contribution < 1.29 is 4.79 Å². The molecule has 2 aromatic rings. The molecule has 3 nitrogen and oxygen atoms in total. The number of rotatable bonds is 6. The monoisotopic (exact) mass is 376 g/mol. The van der Waals surface area contributed by atoms with Gasteiger partial charge in [-0.2, -0.15) is 0 Å². The highest BCUT2D eigenvalue weighted by Crippen LogP contribution is 2.25. The molecule has 25 heavy (non-hydrogen) atoms. The number of nitrogens with one attached hydrogen (secondary N) is 1. The van der Waals surface area contributed by atoms with Crippen LogP contribution in [-0.4, -0.2) is 29.9 Å². The topological polar surface area (TPSA) is 32.3 Å². The van der Waals surface area contributed by atoms with Crippen LogP contribution in [-0.2, 0) is 11.3 Å². The molecule has 0 saturated carbocycles. The zero-order chi connectivity index (χ0) is 17.6. The van der Waals surface area contributed by atoms with Crippen LogP contribution in [0.4, 0.5) is 0 Å². The number of hydrogen-bond acceptors (Lipinski definition) is 3. The number of piperidine rings is 1. The van der Waals surface area contributed by atoms with Crippen LogP contribution >= 0.6 is 22.9 Å². The molecular formula is C20H25ClN2OS. The second-order valence-corrected chi connectivity index (χ2v) is 8.36. The van der Waals surface area contributed by atoms with Gasteiger partial charge in [-0.05, 0) is 37.0 Å². The van der Waals surface area contributed by atoms with Crippen LogP contribution in [0.15, 0.2) is 42.5 Å². The molecule has 1 amide bonds. The van der Waals surface area contributed by atoms with Crippen molar-refractivity contribution >= 4 is 28.8 Å². The predicted molar refractivity (Wildman–Crippen MR) is 105 cm³/mol. The van der Waals surface area contributed by atoms with E-state index in [4.69, 9.17) is 11.6 Å². The van der Waals surface area contributed by atoms with Crippen molar-refractivity contribution in [2.45, 2.75) is 44.7 Å². The number of carbonyl (C=O) groups is 1. The lowest BCUT2D eigenvalue weighted by Gasteiger charge is -2.34. The van der Waals surface area contributed by atoms with Crippen molar-refractivity contribution in [1.29, 1.82) is 0 Å². The molecule has 0 bridgehead atoms. The summed E-state index contributed by atoms with van der Waals surface area (Å²) in [6.07, 6.45) is 2.87. The summed E-state index contributed by atoms with van der Waals surface area (Å²) in [5.74, 6) is 0.260. The third kappa shape index (κ3) is 4.84. The smallest absolute Gasteiger partial charge is 0.230 e. The van der Waals surface area contributed by atoms with Gasteiger partial charge in [-0.15, -0.1) is 11.3 Å². The van der Waals surface area contributed by atoms with Gasteiger partial charge in [-0.1, -0.05) is 48.9 Å². The molecule has 1 N–H and O–H groups in total. The molecule has 1 aliphatic heterocycles. The highest BCUT2D eigenvalue weighted by atomic mass is 35.5. The van der Waals surface area contributed by atoms with E-state index >= 15 is 0 Å². The van der Waals surface area contributed by atoms with Gasteiger partial charge in [0.2, 0.25) is 5.91 Å². The maximum absolute atomic E-state index is 12.9. The number of likely N-dealkylation sites (tertiary alicyclic amines) is 1. The second kappa shape index (κ2) is 8.84. The first kappa shape index (κ1) is 18.4. The molecule has 2 heterocycles. The van der Waals surface area contributed by atoms with Gasteiger partial charge < -0.3 is 10.2 Å². The van der Waals surface area contributed by atoms with Crippen molar-refractivity contribution in [2.75, 3.05) is 13.1 Å². The third-order valence-corrected chi connectivity index (χ3v) is 6.14. The summed E-state index contributed by atoms with van der Waals surface area (Å²) in [7, 11) is 0. The van der Waals surface area contributed by atoms with Gasteiger partial charge in [-0.3, -0.25) is 4.79 Å². The summed E-state index contributed by atoms with van der Waals surface area (Å²) in [4.78, 5) is 16.2. The quantitative estimate of drug-likeness (QED) is 0.794. The molecule has 1 aromatic heterocycles. The zero-order valence-corrected chi connectivity index (χ0v) is 16.2. The van der Waals surface area contributed by atoms with E-state index in [0.717, 1.165) is 48.8 Å². The highest BCUT2D eigenvalue weighted by molar-refractivity contribution is 7.16. The number of amides is 1. The average Bonchev–Trinajstić information content (AvgIpc) is 3.07. The van der Waals surface area contributed by atoms with Gasteiger partial charge in [0.25, 0.3) is 0 Å². The van der Waals surface area contributed by atoms with E-state index in [1.54, 1.807) is 11.3 Å². The lowest BCUT2D eigenvalue weighted by atomic mass is 9.93. The highest BCUT2D eigenvalue weighted by Gasteiger charge is 2.28. The number of carbonyl (C=O) groups excluding carboxylic acids is 1. The minimum absolute atomic E-state index is 0.0148. The maximum atomic E-state index is 12.9. The summed E-state index contributed by atoms with van der Waals surface area (Å²) in [5, 5.41) is 3.60. The minimum Gasteiger partial charge on any atom is -0.342 e. The standard InChI is InChI=1S/C20H25ClN2OS/c1-2-18(15-6-4-3-5-7-15)20(24)23-12-10-16(11-13-23)22-14-17-8-9-19(21)25-17/h3-9,16,18,22H,2,10-14H2,1H3. The van der Waals surface area contributed by atoms with E-state index in [-0.39, 0.29) is 11.8 Å². The van der Waals surface area contributed by atoms with E-state index in [2.05, 4.69) is 30.4 Å². The first-order valence-corrected chi connectivity index (χ1v) is 10.2. The van der Waals surface area contributed by atoms with E-state index < -0.39 is 0 Å². The first-order chi connectivity index (χ1) is 12.2. The molecule has 0 aliphatic carbocycles. The number of benzene rings is 1. The van der Waals surface area contributed by atoms with Crippen LogP contribution < -0.4 is 5.32 Å². The summed E-state index contributed by atoms with van der Waals surface area (Å²) in [6.45, 7) is 4.63. The summed E-state index contributed by atoms with van der Waals surface area (Å²) >= 11 is 7.60. The Kier molecular flexibility index (Phi) is 6.51. The SMILES string of the molecule is CCC(C(=O)N1CCC(NCc2ccc(Cl)s2)CC1)c1ccccc1. The fourth-order valence-electron chi connectivity index (χ4n) is 3.45. The van der Waals surface area contributed by atoms with Crippen LogP contribution in [0.25, 0.3) is 0 Å². The molecule has 1 fully saturated rings. The summed E-state index contributed by atoms with van der Waals surface area (Å²) < 4.78 is 0.837. The van der Waals surface area contributed by atoms with Crippen LogP contribution in [0.5, 0.6) is 0 Å². The summed E-state index contributed by atoms with van der Waals surface area (Å²) in [6, 6.07) is 14.6. The number of thiophene rings is 1. The minimum atomic E-state index is -0.0148. The Morgan fingerprint density at radius 1 is 1.24 bits per heavy atom. The molecule has 1 saturated heterocycles. The van der Waals surface area contributed by atoms with Crippen LogP contribution in [0, 0.1) is 0 Å². The lowest BCUT2D eigenvalue weighted by Crippen LogP contribution is -2.46. The molecule has 1 atom stereocenters. The Hall–Kier alpha value is -1.36. The predicted octanol–water partition coefficient (Wildman–Crippen LogP) is 4.68. The lowest BCUT2D eigenvalue weighted by molar-refractivity contribution is -0.134. The zero-order valence-electron chi connectivity index (χ0n) is 14.6. The number of halogens is 1. The van der Waals surface area contributed by atoms with E-state index in [1.807, 2.05) is 29.2 Å². The molecular weight excluding hydrogens is 352 g/mol. The summed E-state index contributed by atoms with van der Waals surface area (Å²) in [5.41, 5.74) is 1.13. The van der Waals surface area contributed by atoms with Crippen molar-refractivity contribution in [3.63, 3.8) is 0 Å². The Morgan fingerprint density at radius 2 is 1.96 bits per heavy atom. The van der Waals surface area contributed by atoms with Crippen molar-refractivity contribution in [2.24, 2.45) is 0 Å². The van der Waals surface area contributed by atoms with Crippen LogP contribution in [0.3, 0.4) is 0 Å². The molecule has 3 rings (SSSR count). The van der Waals surface area contributed by atoms with Gasteiger partial charge in [-0.25, -0.2) is 0 Å². The largest absolute Gasteiger partial charge is 0.342 e. The van der Waals surface area contributed by atoms with Gasteiger partial charge >= 0.3 is 0 Å². The van der Waals surface area contributed by atoms with Crippen molar-refractivity contribution in [3.8, 4) is 0 Å². The third-order valence-electron chi connectivity index (χ3n) is 4.91. The Morgan fingerprint density at radius 3 is 2.56 bits per heavy atom. The average molecular weight is 377 g/mol.